The molecule has 2 aromatic heterocycles. The first-order valence-corrected chi connectivity index (χ1v) is 10.2. The summed E-state index contributed by atoms with van der Waals surface area (Å²) in [4.78, 5) is 18.9. The number of benzene rings is 1. The molecule has 1 aliphatic rings. The summed E-state index contributed by atoms with van der Waals surface area (Å²) in [6.07, 6.45) is 5.10. The van der Waals surface area contributed by atoms with E-state index in [1.54, 1.807) is 53.7 Å². The lowest BCUT2D eigenvalue weighted by molar-refractivity contribution is -0.122. The van der Waals surface area contributed by atoms with E-state index < -0.39 is 0 Å². The summed E-state index contributed by atoms with van der Waals surface area (Å²) < 4.78 is 6.36. The monoisotopic (exact) mass is 446 g/mol. The molecule has 0 radical (unpaired) electrons. The Bertz CT molecular complexity index is 1100. The van der Waals surface area contributed by atoms with Crippen molar-refractivity contribution < 1.29 is 9.21 Å². The number of thioether (sulfide) groups is 1. The maximum absolute atomic E-state index is 12.7. The van der Waals surface area contributed by atoms with Crippen LogP contribution < -0.4 is 0 Å². The van der Waals surface area contributed by atoms with E-state index in [0.29, 0.717) is 37.3 Å². The summed E-state index contributed by atoms with van der Waals surface area (Å²) in [6, 6.07) is 12.5. The van der Waals surface area contributed by atoms with Crippen LogP contribution in [0.25, 0.3) is 17.4 Å². The molecule has 0 N–H and O–H groups in total. The van der Waals surface area contributed by atoms with Crippen LogP contribution in [0.5, 0.6) is 0 Å². The average molecular weight is 447 g/mol. The minimum Gasteiger partial charge on any atom is -0.457 e. The molecular weight excluding hydrogens is 435 g/mol. The Hall–Kier alpha value is -2.12. The van der Waals surface area contributed by atoms with E-state index in [4.69, 9.17) is 39.8 Å². The van der Waals surface area contributed by atoms with Crippen molar-refractivity contribution in [2.45, 2.75) is 6.54 Å². The molecule has 4 rings (SSSR count). The van der Waals surface area contributed by atoms with Gasteiger partial charge in [0.15, 0.2) is 0 Å². The van der Waals surface area contributed by atoms with Crippen molar-refractivity contribution in [2.24, 2.45) is 0 Å². The van der Waals surface area contributed by atoms with Crippen molar-refractivity contribution in [1.29, 1.82) is 0 Å². The number of thiocarbonyl (C=S) groups is 1. The second-order valence-corrected chi connectivity index (χ2v) is 8.47. The van der Waals surface area contributed by atoms with Crippen LogP contribution in [0.2, 0.25) is 10.0 Å². The highest BCUT2D eigenvalue weighted by molar-refractivity contribution is 8.26. The van der Waals surface area contributed by atoms with E-state index in [-0.39, 0.29) is 5.91 Å². The number of aromatic nitrogens is 1. The van der Waals surface area contributed by atoms with Gasteiger partial charge < -0.3 is 4.42 Å². The predicted molar refractivity (Wildman–Crippen MR) is 117 cm³/mol. The summed E-state index contributed by atoms with van der Waals surface area (Å²) >= 11 is 18.8. The molecule has 1 amide bonds. The third kappa shape index (κ3) is 4.00. The smallest absolute Gasteiger partial charge is 0.266 e. The van der Waals surface area contributed by atoms with Crippen LogP contribution in [-0.2, 0) is 11.3 Å². The zero-order valence-electron chi connectivity index (χ0n) is 14.3. The molecule has 0 atom stereocenters. The van der Waals surface area contributed by atoms with Crippen molar-refractivity contribution in [3.8, 4) is 11.3 Å². The third-order valence-electron chi connectivity index (χ3n) is 4.03. The van der Waals surface area contributed by atoms with Crippen LogP contribution in [0.3, 0.4) is 0 Å². The number of halogens is 2. The van der Waals surface area contributed by atoms with Gasteiger partial charge in [-0.05, 0) is 42.0 Å². The molecule has 3 aromatic rings. The number of pyridine rings is 1. The number of rotatable bonds is 4. The van der Waals surface area contributed by atoms with Crippen molar-refractivity contribution in [1.82, 2.24) is 9.88 Å². The van der Waals surface area contributed by atoms with Crippen LogP contribution in [0.15, 0.2) is 64.2 Å². The highest BCUT2D eigenvalue weighted by atomic mass is 35.5. The Labute approximate surface area is 181 Å². The fourth-order valence-corrected chi connectivity index (χ4v) is 4.44. The fraction of sp³-hybridized carbons (Fsp3) is 0.0500. The Morgan fingerprint density at radius 2 is 2.07 bits per heavy atom. The fourth-order valence-electron chi connectivity index (χ4n) is 2.70. The molecule has 0 spiro atoms. The largest absolute Gasteiger partial charge is 0.457 e. The van der Waals surface area contributed by atoms with Gasteiger partial charge in [-0.15, -0.1) is 0 Å². The van der Waals surface area contributed by atoms with E-state index in [2.05, 4.69) is 4.98 Å². The summed E-state index contributed by atoms with van der Waals surface area (Å²) in [7, 11) is 0. The second kappa shape index (κ2) is 8.09. The van der Waals surface area contributed by atoms with Crippen LogP contribution in [0, 0.1) is 0 Å². The minimum absolute atomic E-state index is 0.152. The molecule has 0 unspecified atom stereocenters. The highest BCUT2D eigenvalue weighted by Crippen LogP contribution is 2.36. The number of carbonyl (C=O) groups is 1. The van der Waals surface area contributed by atoms with Crippen molar-refractivity contribution in [3.63, 3.8) is 0 Å². The number of nitrogens with zero attached hydrogens (tertiary/aromatic N) is 2. The molecular formula is C20H12Cl2N2O2S2. The average Bonchev–Trinajstić information content (AvgIpc) is 3.23. The molecule has 1 saturated heterocycles. The van der Waals surface area contributed by atoms with Crippen molar-refractivity contribution in [2.75, 3.05) is 0 Å². The molecule has 140 valence electrons. The maximum atomic E-state index is 12.7. The quantitative estimate of drug-likeness (QED) is 0.360. The Kier molecular flexibility index (Phi) is 5.55. The van der Waals surface area contributed by atoms with Crippen LogP contribution >= 0.6 is 47.2 Å². The minimum atomic E-state index is -0.152. The molecule has 1 aliphatic heterocycles. The summed E-state index contributed by atoms with van der Waals surface area (Å²) in [6.45, 7) is 0.389. The van der Waals surface area contributed by atoms with E-state index in [1.807, 2.05) is 12.1 Å². The van der Waals surface area contributed by atoms with Crippen LogP contribution in [-0.4, -0.2) is 20.1 Å². The van der Waals surface area contributed by atoms with E-state index in [9.17, 15) is 4.79 Å². The standard InChI is InChI=1S/C20H12Cl2N2O2S2/c21-13-3-5-15(16(22)8-13)17-6-4-14(26-17)9-18-19(25)24(20(27)28-18)11-12-2-1-7-23-10-12/h1-10H,11H2/b18-9-. The van der Waals surface area contributed by atoms with Gasteiger partial charge in [0.1, 0.15) is 15.8 Å². The van der Waals surface area contributed by atoms with Gasteiger partial charge in [0, 0.05) is 29.1 Å². The van der Waals surface area contributed by atoms with Crippen LogP contribution in [0.1, 0.15) is 11.3 Å². The number of amides is 1. The summed E-state index contributed by atoms with van der Waals surface area (Å²) in [5.74, 6) is 0.989. The van der Waals surface area contributed by atoms with E-state index in [0.717, 1.165) is 11.1 Å². The number of hydrogen-bond acceptors (Lipinski definition) is 5. The molecule has 0 saturated carbocycles. The van der Waals surface area contributed by atoms with Crippen molar-refractivity contribution in [3.05, 3.63) is 81.1 Å². The normalized spacial score (nSPS) is 15.6. The zero-order chi connectivity index (χ0) is 19.7. The topological polar surface area (TPSA) is 46.3 Å². The molecule has 1 fully saturated rings. The predicted octanol–water partition coefficient (Wildman–Crippen LogP) is 6.05. The number of carbonyl (C=O) groups excluding carboxylic acids is 1. The molecule has 0 bridgehead atoms. The maximum Gasteiger partial charge on any atom is 0.266 e. The van der Waals surface area contributed by atoms with Gasteiger partial charge in [0.25, 0.3) is 5.91 Å². The van der Waals surface area contributed by atoms with Gasteiger partial charge in [-0.2, -0.15) is 0 Å². The first-order chi connectivity index (χ1) is 13.5. The van der Waals surface area contributed by atoms with E-state index >= 15 is 0 Å². The van der Waals surface area contributed by atoms with Gasteiger partial charge in [0.05, 0.1) is 16.5 Å². The summed E-state index contributed by atoms with van der Waals surface area (Å²) in [5.41, 5.74) is 1.65. The highest BCUT2D eigenvalue weighted by Gasteiger charge is 2.32. The Morgan fingerprint density at radius 3 is 2.82 bits per heavy atom. The summed E-state index contributed by atoms with van der Waals surface area (Å²) in [5, 5.41) is 1.05. The number of hydrogen-bond donors (Lipinski definition) is 0. The molecule has 0 aliphatic carbocycles. The molecule has 28 heavy (non-hydrogen) atoms. The first-order valence-electron chi connectivity index (χ1n) is 8.21. The van der Waals surface area contributed by atoms with Gasteiger partial charge in [-0.1, -0.05) is 53.2 Å². The lowest BCUT2D eigenvalue weighted by atomic mass is 10.2. The first kappa shape index (κ1) is 19.2. The molecule has 1 aromatic carbocycles. The zero-order valence-corrected chi connectivity index (χ0v) is 17.4. The van der Waals surface area contributed by atoms with Crippen LogP contribution in [0.4, 0.5) is 0 Å². The third-order valence-corrected chi connectivity index (χ3v) is 5.96. The van der Waals surface area contributed by atoms with Gasteiger partial charge in [0.2, 0.25) is 0 Å². The molecule has 3 heterocycles. The molecule has 4 nitrogen and oxygen atoms in total. The van der Waals surface area contributed by atoms with E-state index in [1.165, 1.54) is 11.8 Å². The van der Waals surface area contributed by atoms with Gasteiger partial charge in [-0.25, -0.2) is 0 Å². The lowest BCUT2D eigenvalue weighted by Gasteiger charge is -2.13. The lowest BCUT2D eigenvalue weighted by Crippen LogP contribution is -2.27. The SMILES string of the molecule is O=C1/C(=C/c2ccc(-c3ccc(Cl)cc3Cl)o2)SC(=S)N1Cc1cccnc1. The van der Waals surface area contributed by atoms with Crippen molar-refractivity contribution >= 4 is 63.5 Å². The molecule has 8 heteroatoms. The van der Waals surface area contributed by atoms with Gasteiger partial charge in [-0.3, -0.25) is 14.7 Å². The number of furan rings is 1. The van der Waals surface area contributed by atoms with Gasteiger partial charge >= 0.3 is 0 Å². The Balaban J connectivity index is 1.56. The second-order valence-electron chi connectivity index (χ2n) is 5.96. The Morgan fingerprint density at radius 1 is 1.21 bits per heavy atom.